The summed E-state index contributed by atoms with van der Waals surface area (Å²) in [7, 11) is -0.637. The van der Waals surface area contributed by atoms with Crippen molar-refractivity contribution < 1.29 is 0 Å². The predicted molar refractivity (Wildman–Crippen MR) is 49.0 cm³/mol. The molecule has 0 N–H and O–H groups in total. The van der Waals surface area contributed by atoms with E-state index in [4.69, 9.17) is 11.2 Å². The zero-order chi connectivity index (χ0) is 7.40. The first-order chi connectivity index (χ1) is 4.84. The van der Waals surface area contributed by atoms with Crippen LogP contribution in [0, 0.1) is 0 Å². The fourth-order valence-corrected chi connectivity index (χ4v) is 1.68. The van der Waals surface area contributed by atoms with Gasteiger partial charge in [-0.25, -0.2) is 0 Å². The van der Waals surface area contributed by atoms with Gasteiger partial charge in [-0.1, -0.05) is 48.2 Å². The van der Waals surface area contributed by atoms with Crippen LogP contribution in [0.15, 0.2) is 42.7 Å². The van der Waals surface area contributed by atoms with Crippen LogP contribution in [0.3, 0.4) is 0 Å². The Labute approximate surface area is 67.1 Å². The van der Waals surface area contributed by atoms with Crippen LogP contribution in [0.5, 0.6) is 0 Å². The van der Waals surface area contributed by atoms with Crippen LogP contribution in [-0.4, -0.2) is 0 Å². The predicted octanol–water partition coefficient (Wildman–Crippen LogP) is 3.09. The maximum atomic E-state index is 5.94. The molecular weight excluding hydrogens is 163 g/mol. The molecule has 0 aliphatic carbocycles. The topological polar surface area (TPSA) is 0 Å². The van der Waals surface area contributed by atoms with Crippen LogP contribution in [0.25, 0.3) is 0 Å². The molecule has 52 valence electrons. The fraction of sp³-hybridized carbons (Fsp3) is 0. The highest BCUT2D eigenvalue weighted by Gasteiger charge is 1.98. The minimum atomic E-state index is -0.637. The number of halogens is 1. The molecule has 0 nitrogen and oxygen atoms in total. The number of benzene rings is 1. The first-order valence-electron chi connectivity index (χ1n) is 2.97. The SMILES string of the molecule is C=CP(Cl)c1ccccc1. The average molecular weight is 171 g/mol. The molecule has 2 heteroatoms. The van der Waals surface area contributed by atoms with E-state index in [0.29, 0.717) is 0 Å². The highest BCUT2D eigenvalue weighted by Crippen LogP contribution is 2.40. The van der Waals surface area contributed by atoms with Gasteiger partial charge in [0.2, 0.25) is 0 Å². The summed E-state index contributed by atoms with van der Waals surface area (Å²) in [6.45, 7) is 3.63. The Balaban J connectivity index is 2.84. The monoisotopic (exact) mass is 170 g/mol. The van der Waals surface area contributed by atoms with Gasteiger partial charge >= 0.3 is 0 Å². The third-order valence-corrected chi connectivity index (χ3v) is 3.27. The van der Waals surface area contributed by atoms with E-state index in [1.807, 2.05) is 30.3 Å². The lowest BCUT2D eigenvalue weighted by Crippen LogP contribution is -1.91. The van der Waals surface area contributed by atoms with Gasteiger partial charge in [-0.15, -0.1) is 0 Å². The van der Waals surface area contributed by atoms with Crippen LogP contribution >= 0.6 is 18.5 Å². The van der Waals surface area contributed by atoms with Crippen molar-refractivity contribution in [2.45, 2.75) is 0 Å². The summed E-state index contributed by atoms with van der Waals surface area (Å²) in [5.41, 5.74) is 0. The summed E-state index contributed by atoms with van der Waals surface area (Å²) in [5.74, 6) is 1.78. The van der Waals surface area contributed by atoms with Gasteiger partial charge in [0, 0.05) is 7.27 Å². The molecule has 0 saturated carbocycles. The van der Waals surface area contributed by atoms with E-state index in [2.05, 4.69) is 6.58 Å². The van der Waals surface area contributed by atoms with Crippen LogP contribution in [-0.2, 0) is 0 Å². The van der Waals surface area contributed by atoms with E-state index in [9.17, 15) is 0 Å². The lowest BCUT2D eigenvalue weighted by Gasteiger charge is -2.00. The smallest absolute Gasteiger partial charge is 0.0444 e. The summed E-state index contributed by atoms with van der Waals surface area (Å²) < 4.78 is 0. The zero-order valence-corrected chi connectivity index (χ0v) is 7.15. The Morgan fingerprint density at radius 1 is 1.30 bits per heavy atom. The quantitative estimate of drug-likeness (QED) is 0.599. The van der Waals surface area contributed by atoms with Crippen molar-refractivity contribution in [1.29, 1.82) is 0 Å². The molecule has 0 saturated heterocycles. The molecule has 0 heterocycles. The third kappa shape index (κ3) is 1.83. The number of rotatable bonds is 2. The van der Waals surface area contributed by atoms with Crippen molar-refractivity contribution >= 4 is 23.8 Å². The third-order valence-electron chi connectivity index (χ3n) is 1.16. The number of hydrogen-bond acceptors (Lipinski definition) is 0. The molecule has 0 bridgehead atoms. The molecule has 1 aromatic carbocycles. The molecule has 0 aliphatic rings. The van der Waals surface area contributed by atoms with Gasteiger partial charge < -0.3 is 0 Å². The Hall–Kier alpha value is -0.320. The van der Waals surface area contributed by atoms with Crippen molar-refractivity contribution in [2.75, 3.05) is 0 Å². The molecule has 1 aromatic rings. The van der Waals surface area contributed by atoms with Crippen LogP contribution in [0.1, 0.15) is 0 Å². The average Bonchev–Trinajstić information content (AvgIpc) is 2.05. The maximum absolute atomic E-state index is 5.94. The van der Waals surface area contributed by atoms with E-state index < -0.39 is 7.27 Å². The van der Waals surface area contributed by atoms with Gasteiger partial charge in [-0.3, -0.25) is 0 Å². The lowest BCUT2D eigenvalue weighted by atomic mass is 10.4. The van der Waals surface area contributed by atoms with E-state index >= 15 is 0 Å². The first-order valence-corrected chi connectivity index (χ1v) is 5.29. The minimum absolute atomic E-state index is 0.637. The highest BCUT2D eigenvalue weighted by molar-refractivity contribution is 7.92. The zero-order valence-electron chi connectivity index (χ0n) is 5.50. The largest absolute Gasteiger partial charge is 0.0971 e. The van der Waals surface area contributed by atoms with Crippen LogP contribution < -0.4 is 5.30 Å². The second-order valence-corrected chi connectivity index (χ2v) is 4.43. The summed E-state index contributed by atoms with van der Waals surface area (Å²) in [5, 5.41) is 1.16. The Morgan fingerprint density at radius 2 is 1.90 bits per heavy atom. The number of hydrogen-bond donors (Lipinski definition) is 0. The molecule has 10 heavy (non-hydrogen) atoms. The summed E-state index contributed by atoms with van der Waals surface area (Å²) in [4.78, 5) is 0. The molecule has 0 spiro atoms. The van der Waals surface area contributed by atoms with E-state index in [-0.39, 0.29) is 0 Å². The lowest BCUT2D eigenvalue weighted by molar-refractivity contribution is 1.78. The molecule has 0 amide bonds. The van der Waals surface area contributed by atoms with Gasteiger partial charge in [-0.05, 0) is 11.1 Å². The summed E-state index contributed by atoms with van der Waals surface area (Å²) in [6, 6.07) is 9.97. The van der Waals surface area contributed by atoms with Gasteiger partial charge in [0.05, 0.1) is 0 Å². The van der Waals surface area contributed by atoms with Crippen LogP contribution in [0.4, 0.5) is 0 Å². The molecule has 1 rings (SSSR count). The first kappa shape index (κ1) is 7.78. The standard InChI is InChI=1S/C8H8ClP/c1-2-10(9)8-6-4-3-5-7-8/h2-7H,1H2. The van der Waals surface area contributed by atoms with Gasteiger partial charge in [-0.2, -0.15) is 0 Å². The normalized spacial score (nSPS) is 12.5. The second kappa shape index (κ2) is 3.75. The Morgan fingerprint density at radius 3 is 2.40 bits per heavy atom. The Bertz CT molecular complexity index is 208. The van der Waals surface area contributed by atoms with Crippen molar-refractivity contribution in [3.8, 4) is 0 Å². The molecule has 1 unspecified atom stereocenters. The summed E-state index contributed by atoms with van der Waals surface area (Å²) >= 11 is 5.94. The summed E-state index contributed by atoms with van der Waals surface area (Å²) in [6.07, 6.45) is 0. The minimum Gasteiger partial charge on any atom is -0.0971 e. The molecular formula is C8H8ClP. The Kier molecular flexibility index (Phi) is 2.92. The van der Waals surface area contributed by atoms with Gasteiger partial charge in [0.15, 0.2) is 0 Å². The highest BCUT2D eigenvalue weighted by atomic mass is 35.7. The van der Waals surface area contributed by atoms with E-state index in [0.717, 1.165) is 5.30 Å². The van der Waals surface area contributed by atoms with Crippen LogP contribution in [0.2, 0.25) is 0 Å². The maximum Gasteiger partial charge on any atom is 0.0444 e. The molecule has 0 fully saturated rings. The van der Waals surface area contributed by atoms with Crippen molar-refractivity contribution in [3.63, 3.8) is 0 Å². The second-order valence-electron chi connectivity index (χ2n) is 1.83. The molecule has 0 aliphatic heterocycles. The van der Waals surface area contributed by atoms with Crippen molar-refractivity contribution in [2.24, 2.45) is 0 Å². The van der Waals surface area contributed by atoms with Crippen molar-refractivity contribution in [1.82, 2.24) is 0 Å². The van der Waals surface area contributed by atoms with Gasteiger partial charge in [0.25, 0.3) is 0 Å². The van der Waals surface area contributed by atoms with Crippen molar-refractivity contribution in [3.05, 3.63) is 42.7 Å². The van der Waals surface area contributed by atoms with E-state index in [1.165, 1.54) is 0 Å². The fourth-order valence-electron chi connectivity index (χ4n) is 0.676. The van der Waals surface area contributed by atoms with E-state index in [1.54, 1.807) is 5.82 Å². The molecule has 0 radical (unpaired) electrons. The van der Waals surface area contributed by atoms with Gasteiger partial charge in [0.1, 0.15) is 0 Å². The molecule has 1 atom stereocenters. The molecule has 0 aromatic heterocycles.